The van der Waals surface area contributed by atoms with Crippen molar-refractivity contribution in [3.8, 4) is 0 Å². The molecule has 0 atom stereocenters. The number of hydrogen-bond acceptors (Lipinski definition) is 5. The molecule has 0 radical (unpaired) electrons. The summed E-state index contributed by atoms with van der Waals surface area (Å²) < 4.78 is 4.93. The second-order valence-electron chi connectivity index (χ2n) is 5.76. The number of esters is 1. The highest BCUT2D eigenvalue weighted by Gasteiger charge is 2.17. The summed E-state index contributed by atoms with van der Waals surface area (Å²) in [6.07, 6.45) is 2.53. The van der Waals surface area contributed by atoms with Gasteiger partial charge in [-0.05, 0) is 48.0 Å². The summed E-state index contributed by atoms with van der Waals surface area (Å²) in [5.74, 6) is -0.222. The van der Waals surface area contributed by atoms with Crippen LogP contribution in [-0.4, -0.2) is 26.7 Å². The first-order chi connectivity index (χ1) is 11.6. The molecule has 122 valence electrons. The third kappa shape index (κ3) is 3.87. The molecule has 0 amide bonds. The van der Waals surface area contributed by atoms with Crippen LogP contribution >= 0.6 is 0 Å². The van der Waals surface area contributed by atoms with Gasteiger partial charge in [0.05, 0.1) is 18.0 Å². The van der Waals surface area contributed by atoms with Gasteiger partial charge in [0, 0.05) is 31.8 Å². The second kappa shape index (κ2) is 7.08. The van der Waals surface area contributed by atoms with Crippen LogP contribution in [0, 0.1) is 0 Å². The van der Waals surface area contributed by atoms with Crippen molar-refractivity contribution in [2.75, 3.05) is 25.6 Å². The monoisotopic (exact) mass is 321 g/mol. The topological polar surface area (TPSA) is 54.3 Å². The molecular weight excluding hydrogens is 302 g/mol. The van der Waals surface area contributed by atoms with Crippen molar-refractivity contribution in [3.05, 3.63) is 59.7 Å². The Bertz CT molecular complexity index is 775. The zero-order valence-electron chi connectivity index (χ0n) is 13.8. The lowest BCUT2D eigenvalue weighted by molar-refractivity contribution is -0.134. The highest BCUT2D eigenvalue weighted by Crippen LogP contribution is 2.23. The number of benzene rings is 2. The van der Waals surface area contributed by atoms with E-state index in [2.05, 4.69) is 10.2 Å². The number of anilines is 1. The van der Waals surface area contributed by atoms with Crippen LogP contribution in [0.5, 0.6) is 0 Å². The summed E-state index contributed by atoms with van der Waals surface area (Å²) in [6, 6.07) is 15.5. The van der Waals surface area contributed by atoms with E-state index in [0.29, 0.717) is 18.6 Å². The van der Waals surface area contributed by atoms with Gasteiger partial charge in [-0.1, -0.05) is 12.1 Å². The van der Waals surface area contributed by atoms with E-state index in [4.69, 9.17) is 4.74 Å². The molecule has 1 saturated heterocycles. The maximum absolute atomic E-state index is 11.4. The van der Waals surface area contributed by atoms with Crippen LogP contribution in [0.15, 0.2) is 64.3 Å². The first-order valence-corrected chi connectivity index (χ1v) is 7.79. The summed E-state index contributed by atoms with van der Waals surface area (Å²) in [5, 5.41) is 8.48. The Balaban J connectivity index is 1.68. The average molecular weight is 321 g/mol. The van der Waals surface area contributed by atoms with Crippen molar-refractivity contribution in [1.82, 2.24) is 0 Å². The van der Waals surface area contributed by atoms with Gasteiger partial charge in [-0.3, -0.25) is 0 Å². The number of azo groups is 1. The number of ether oxygens (including phenoxy) is 1. The highest BCUT2D eigenvalue weighted by atomic mass is 16.5. The predicted octanol–water partition coefficient (Wildman–Crippen LogP) is 4.50. The molecule has 1 aliphatic rings. The lowest BCUT2D eigenvalue weighted by atomic mass is 10.1. The molecular formula is C19H19N3O2. The maximum Gasteiger partial charge on any atom is 0.334 e. The first-order valence-electron chi connectivity index (χ1n) is 7.79. The molecule has 0 bridgehead atoms. The van der Waals surface area contributed by atoms with Gasteiger partial charge in [-0.25, -0.2) is 4.79 Å². The third-order valence-corrected chi connectivity index (χ3v) is 3.75. The van der Waals surface area contributed by atoms with E-state index < -0.39 is 0 Å². The molecule has 0 N–H and O–H groups in total. The molecule has 2 aromatic rings. The van der Waals surface area contributed by atoms with Crippen LogP contribution in [0.1, 0.15) is 12.0 Å². The Morgan fingerprint density at radius 3 is 2.04 bits per heavy atom. The smallest absolute Gasteiger partial charge is 0.334 e. The molecule has 5 nitrogen and oxygen atoms in total. The van der Waals surface area contributed by atoms with Gasteiger partial charge in [0.25, 0.3) is 0 Å². The number of rotatable bonds is 4. The van der Waals surface area contributed by atoms with Crippen molar-refractivity contribution >= 4 is 29.1 Å². The fourth-order valence-electron chi connectivity index (χ4n) is 2.35. The molecule has 3 rings (SSSR count). The van der Waals surface area contributed by atoms with Gasteiger partial charge in [0.15, 0.2) is 0 Å². The number of nitrogens with zero attached hydrogens (tertiary/aromatic N) is 3. The molecule has 0 saturated carbocycles. The molecule has 0 spiro atoms. The molecule has 5 heteroatoms. The molecule has 1 fully saturated rings. The van der Waals surface area contributed by atoms with Crippen LogP contribution in [-0.2, 0) is 9.53 Å². The SMILES string of the molecule is CN(C)c1ccc(N=Nc2ccc(/C=C3\CCOC3=O)cc2)cc1. The summed E-state index contributed by atoms with van der Waals surface area (Å²) in [5.41, 5.74) is 4.36. The van der Waals surface area contributed by atoms with Gasteiger partial charge < -0.3 is 9.64 Å². The van der Waals surface area contributed by atoms with Crippen LogP contribution < -0.4 is 4.90 Å². The van der Waals surface area contributed by atoms with Gasteiger partial charge in [-0.15, -0.1) is 0 Å². The fraction of sp³-hybridized carbons (Fsp3) is 0.211. The van der Waals surface area contributed by atoms with Crippen LogP contribution in [0.4, 0.5) is 17.1 Å². The lowest BCUT2D eigenvalue weighted by Gasteiger charge is -2.11. The largest absolute Gasteiger partial charge is 0.462 e. The third-order valence-electron chi connectivity index (χ3n) is 3.75. The van der Waals surface area contributed by atoms with E-state index in [-0.39, 0.29) is 5.97 Å². The van der Waals surface area contributed by atoms with Crippen LogP contribution in [0.25, 0.3) is 6.08 Å². The van der Waals surface area contributed by atoms with Crippen molar-refractivity contribution in [2.45, 2.75) is 6.42 Å². The minimum Gasteiger partial charge on any atom is -0.462 e. The average Bonchev–Trinajstić information content (AvgIpc) is 2.99. The van der Waals surface area contributed by atoms with Crippen LogP contribution in [0.3, 0.4) is 0 Å². The van der Waals surface area contributed by atoms with Crippen molar-refractivity contribution < 1.29 is 9.53 Å². The quantitative estimate of drug-likeness (QED) is 0.473. The highest BCUT2D eigenvalue weighted by molar-refractivity contribution is 5.95. The Kier molecular flexibility index (Phi) is 4.70. The molecule has 2 aromatic carbocycles. The molecule has 0 unspecified atom stereocenters. The predicted molar refractivity (Wildman–Crippen MR) is 94.9 cm³/mol. The van der Waals surface area contributed by atoms with Crippen molar-refractivity contribution in [1.29, 1.82) is 0 Å². The van der Waals surface area contributed by atoms with E-state index >= 15 is 0 Å². The van der Waals surface area contributed by atoms with E-state index in [9.17, 15) is 4.79 Å². The number of cyclic esters (lactones) is 1. The maximum atomic E-state index is 11.4. The Labute approximate surface area is 141 Å². The van der Waals surface area contributed by atoms with Gasteiger partial charge >= 0.3 is 5.97 Å². The first kappa shape index (κ1) is 15.9. The number of carbonyl (C=O) groups excluding carboxylic acids is 1. The van der Waals surface area contributed by atoms with Gasteiger partial charge in [0.1, 0.15) is 0 Å². The van der Waals surface area contributed by atoms with Crippen LogP contribution in [0.2, 0.25) is 0 Å². The zero-order chi connectivity index (χ0) is 16.9. The normalized spacial score (nSPS) is 15.9. The minimum absolute atomic E-state index is 0.222. The Hall–Kier alpha value is -2.95. The second-order valence-corrected chi connectivity index (χ2v) is 5.76. The molecule has 1 heterocycles. The summed E-state index contributed by atoms with van der Waals surface area (Å²) in [6.45, 7) is 0.476. The van der Waals surface area contributed by atoms with E-state index in [0.717, 1.165) is 22.6 Å². The summed E-state index contributed by atoms with van der Waals surface area (Å²) in [4.78, 5) is 13.5. The van der Waals surface area contributed by atoms with Gasteiger partial charge in [0.2, 0.25) is 0 Å². The lowest BCUT2D eigenvalue weighted by Crippen LogP contribution is -2.07. The standard InChI is InChI=1S/C19H19N3O2/c1-22(2)18-9-7-17(8-10-18)21-20-16-5-3-14(4-6-16)13-15-11-12-24-19(15)23/h3-10,13H,11-12H2,1-2H3/b15-13+,21-20?. The van der Waals surface area contributed by atoms with E-state index in [1.165, 1.54) is 0 Å². The Morgan fingerprint density at radius 2 is 1.54 bits per heavy atom. The summed E-state index contributed by atoms with van der Waals surface area (Å²) in [7, 11) is 4.00. The van der Waals surface area contributed by atoms with Gasteiger partial charge in [-0.2, -0.15) is 10.2 Å². The molecule has 0 aromatic heterocycles. The molecule has 1 aliphatic heterocycles. The molecule has 0 aliphatic carbocycles. The van der Waals surface area contributed by atoms with Crippen molar-refractivity contribution in [2.24, 2.45) is 10.2 Å². The zero-order valence-corrected chi connectivity index (χ0v) is 13.8. The van der Waals surface area contributed by atoms with E-state index in [1.807, 2.05) is 73.6 Å². The number of carbonyl (C=O) groups is 1. The fourth-order valence-corrected chi connectivity index (χ4v) is 2.35. The molecule has 24 heavy (non-hydrogen) atoms. The minimum atomic E-state index is -0.222. The number of hydrogen-bond donors (Lipinski definition) is 0. The van der Waals surface area contributed by atoms with E-state index in [1.54, 1.807) is 0 Å². The van der Waals surface area contributed by atoms with Crippen molar-refractivity contribution in [3.63, 3.8) is 0 Å². The Morgan fingerprint density at radius 1 is 0.958 bits per heavy atom. The summed E-state index contributed by atoms with van der Waals surface area (Å²) >= 11 is 0.